The molecule has 1 aliphatic rings. The average molecular weight is 312 g/mol. The van der Waals surface area contributed by atoms with Crippen LogP contribution in [0, 0.1) is 0 Å². The third kappa shape index (κ3) is 3.74. The molecule has 0 bridgehead atoms. The molecule has 6 heteroatoms. The molecule has 5 nitrogen and oxygen atoms in total. The molecule has 1 aromatic rings. The first-order valence-corrected chi connectivity index (χ1v) is 9.04. The van der Waals surface area contributed by atoms with E-state index in [1.54, 1.807) is 0 Å². The third-order valence-electron chi connectivity index (χ3n) is 3.79. The molecule has 2 heterocycles. The first kappa shape index (κ1) is 16.2. The molecule has 0 aromatic carbocycles. The van der Waals surface area contributed by atoms with Crippen LogP contribution in [-0.2, 0) is 21.9 Å². The monoisotopic (exact) mass is 312 g/mol. The molecule has 0 saturated carbocycles. The van der Waals surface area contributed by atoms with Crippen molar-refractivity contribution in [1.82, 2.24) is 4.98 Å². The van der Waals surface area contributed by atoms with Crippen molar-refractivity contribution < 1.29 is 13.5 Å². The van der Waals surface area contributed by atoms with Crippen molar-refractivity contribution >= 4 is 15.7 Å². The van der Waals surface area contributed by atoms with Crippen LogP contribution >= 0.6 is 0 Å². The second-order valence-corrected chi connectivity index (χ2v) is 9.01. The summed E-state index contributed by atoms with van der Waals surface area (Å²) < 4.78 is 23.4. The molecule has 21 heavy (non-hydrogen) atoms. The highest BCUT2D eigenvalue weighted by Gasteiger charge is 2.30. The molecular formula is C15H24N2O3S. The number of aromatic nitrogens is 1. The van der Waals surface area contributed by atoms with E-state index in [0.29, 0.717) is 6.54 Å². The second kappa shape index (κ2) is 5.57. The summed E-state index contributed by atoms with van der Waals surface area (Å²) in [5.41, 5.74) is 1.60. The lowest BCUT2D eigenvalue weighted by molar-refractivity contribution is 0.281. The molecule has 1 fully saturated rings. The van der Waals surface area contributed by atoms with Gasteiger partial charge in [-0.3, -0.25) is 0 Å². The number of hydrogen-bond acceptors (Lipinski definition) is 5. The Bertz CT molecular complexity index is 620. The number of pyridine rings is 1. The topological polar surface area (TPSA) is 70.5 Å². The molecule has 1 atom stereocenters. The fourth-order valence-corrected chi connectivity index (χ4v) is 4.09. The van der Waals surface area contributed by atoms with Gasteiger partial charge >= 0.3 is 0 Å². The number of anilines is 1. The summed E-state index contributed by atoms with van der Waals surface area (Å²) >= 11 is 0. The Labute approximate surface area is 126 Å². The van der Waals surface area contributed by atoms with Crippen LogP contribution < -0.4 is 4.90 Å². The van der Waals surface area contributed by atoms with Gasteiger partial charge in [0.25, 0.3) is 0 Å². The Morgan fingerprint density at radius 2 is 2.05 bits per heavy atom. The number of aliphatic hydroxyl groups is 1. The van der Waals surface area contributed by atoms with Crippen LogP contribution in [-0.4, -0.2) is 42.6 Å². The summed E-state index contributed by atoms with van der Waals surface area (Å²) in [5, 5.41) is 9.46. The standard InChI is InChI=1S/C15H24N2O3S/c1-11-10-21(19,20)6-5-17(11)14-8-12(9-18)7-13(16-14)15(2,3)4/h7-8,11,18H,5-6,9-10H2,1-4H3. The van der Waals surface area contributed by atoms with Crippen LogP contribution in [0.5, 0.6) is 0 Å². The molecule has 0 amide bonds. The van der Waals surface area contributed by atoms with Crippen molar-refractivity contribution in [2.75, 3.05) is 23.0 Å². The number of sulfone groups is 1. The van der Waals surface area contributed by atoms with Gasteiger partial charge in [-0.1, -0.05) is 20.8 Å². The summed E-state index contributed by atoms with van der Waals surface area (Å²) in [4.78, 5) is 6.72. The van der Waals surface area contributed by atoms with Crippen molar-refractivity contribution in [3.05, 3.63) is 23.4 Å². The largest absolute Gasteiger partial charge is 0.392 e. The summed E-state index contributed by atoms with van der Waals surface area (Å²) in [6, 6.07) is 3.66. The molecule has 118 valence electrons. The molecule has 1 unspecified atom stereocenters. The second-order valence-electron chi connectivity index (χ2n) is 6.78. The lowest BCUT2D eigenvalue weighted by Gasteiger charge is -2.35. The fourth-order valence-electron chi connectivity index (χ4n) is 2.53. The van der Waals surface area contributed by atoms with Gasteiger partial charge in [0.2, 0.25) is 0 Å². The zero-order valence-electron chi connectivity index (χ0n) is 13.1. The normalized spacial score (nSPS) is 22.3. The van der Waals surface area contributed by atoms with Crippen LogP contribution in [0.25, 0.3) is 0 Å². The maximum atomic E-state index is 11.7. The van der Waals surface area contributed by atoms with E-state index in [1.807, 2.05) is 24.0 Å². The molecule has 1 saturated heterocycles. The minimum atomic E-state index is -2.95. The molecule has 0 aliphatic carbocycles. The lowest BCUT2D eigenvalue weighted by Crippen LogP contribution is -2.47. The highest BCUT2D eigenvalue weighted by Crippen LogP contribution is 2.27. The van der Waals surface area contributed by atoms with Gasteiger partial charge in [-0.2, -0.15) is 0 Å². The number of nitrogens with zero attached hydrogens (tertiary/aromatic N) is 2. The molecule has 1 aliphatic heterocycles. The Balaban J connectivity index is 2.40. The highest BCUT2D eigenvalue weighted by molar-refractivity contribution is 7.91. The van der Waals surface area contributed by atoms with Crippen LogP contribution in [0.2, 0.25) is 0 Å². The maximum absolute atomic E-state index is 11.7. The number of hydrogen-bond donors (Lipinski definition) is 1. The van der Waals surface area contributed by atoms with Gasteiger partial charge in [-0.05, 0) is 24.6 Å². The Morgan fingerprint density at radius 3 is 2.57 bits per heavy atom. The van der Waals surface area contributed by atoms with Crippen LogP contribution in [0.4, 0.5) is 5.82 Å². The van der Waals surface area contributed by atoms with E-state index in [2.05, 4.69) is 20.8 Å². The Morgan fingerprint density at radius 1 is 1.38 bits per heavy atom. The summed E-state index contributed by atoms with van der Waals surface area (Å²) in [5.74, 6) is 1.07. The minimum absolute atomic E-state index is 0.0425. The van der Waals surface area contributed by atoms with E-state index in [1.165, 1.54) is 0 Å². The zero-order valence-corrected chi connectivity index (χ0v) is 13.9. The van der Waals surface area contributed by atoms with Crippen molar-refractivity contribution in [2.45, 2.75) is 45.8 Å². The van der Waals surface area contributed by atoms with Crippen molar-refractivity contribution in [2.24, 2.45) is 0 Å². The summed E-state index contributed by atoms with van der Waals surface area (Å²) in [6.07, 6.45) is 0. The van der Waals surface area contributed by atoms with Crippen LogP contribution in [0.15, 0.2) is 12.1 Å². The average Bonchev–Trinajstić information content (AvgIpc) is 2.36. The highest BCUT2D eigenvalue weighted by atomic mass is 32.2. The van der Waals surface area contributed by atoms with E-state index in [-0.39, 0.29) is 29.6 Å². The molecule has 2 rings (SSSR count). The quantitative estimate of drug-likeness (QED) is 0.896. The Kier molecular flexibility index (Phi) is 4.31. The van der Waals surface area contributed by atoms with Gasteiger partial charge in [0.15, 0.2) is 9.84 Å². The smallest absolute Gasteiger partial charge is 0.154 e. The van der Waals surface area contributed by atoms with Gasteiger partial charge < -0.3 is 10.0 Å². The van der Waals surface area contributed by atoms with E-state index < -0.39 is 9.84 Å². The van der Waals surface area contributed by atoms with E-state index in [0.717, 1.165) is 17.1 Å². The molecule has 1 N–H and O–H groups in total. The SMILES string of the molecule is CC1CS(=O)(=O)CCN1c1cc(CO)cc(C(C)(C)C)n1. The van der Waals surface area contributed by atoms with Crippen molar-refractivity contribution in [1.29, 1.82) is 0 Å². The first-order valence-electron chi connectivity index (χ1n) is 7.22. The Hall–Kier alpha value is -1.14. The van der Waals surface area contributed by atoms with Crippen molar-refractivity contribution in [3.63, 3.8) is 0 Å². The van der Waals surface area contributed by atoms with Gasteiger partial charge in [0.1, 0.15) is 5.82 Å². The third-order valence-corrected chi connectivity index (χ3v) is 5.58. The van der Waals surface area contributed by atoms with E-state index >= 15 is 0 Å². The van der Waals surface area contributed by atoms with Crippen LogP contribution in [0.1, 0.15) is 39.0 Å². The summed E-state index contributed by atoms with van der Waals surface area (Å²) in [6.45, 7) is 8.54. The first-order chi connectivity index (χ1) is 9.62. The van der Waals surface area contributed by atoms with Crippen molar-refractivity contribution in [3.8, 4) is 0 Å². The van der Waals surface area contributed by atoms with E-state index in [4.69, 9.17) is 4.98 Å². The predicted octanol–water partition coefficient (Wildman–Crippen LogP) is 1.49. The van der Waals surface area contributed by atoms with Crippen LogP contribution in [0.3, 0.4) is 0 Å². The lowest BCUT2D eigenvalue weighted by atomic mass is 9.90. The maximum Gasteiger partial charge on any atom is 0.154 e. The van der Waals surface area contributed by atoms with Gasteiger partial charge in [-0.25, -0.2) is 13.4 Å². The van der Waals surface area contributed by atoms with Gasteiger partial charge in [0, 0.05) is 23.7 Å². The predicted molar refractivity (Wildman–Crippen MR) is 84.3 cm³/mol. The number of aliphatic hydroxyl groups excluding tert-OH is 1. The molecular weight excluding hydrogens is 288 g/mol. The minimum Gasteiger partial charge on any atom is -0.392 e. The number of rotatable bonds is 2. The molecule has 1 aromatic heterocycles. The van der Waals surface area contributed by atoms with Gasteiger partial charge in [-0.15, -0.1) is 0 Å². The summed E-state index contributed by atoms with van der Waals surface area (Å²) in [7, 11) is -2.95. The fraction of sp³-hybridized carbons (Fsp3) is 0.667. The van der Waals surface area contributed by atoms with Gasteiger partial charge in [0.05, 0.1) is 18.1 Å². The zero-order chi connectivity index (χ0) is 15.8. The van der Waals surface area contributed by atoms with E-state index in [9.17, 15) is 13.5 Å². The molecule has 0 spiro atoms. The molecule has 0 radical (unpaired) electrons.